The average Bonchev–Trinajstić information content (AvgIpc) is 3.12. The van der Waals surface area contributed by atoms with Crippen LogP contribution in [0.1, 0.15) is 50.9 Å². The van der Waals surface area contributed by atoms with Crippen molar-refractivity contribution in [2.24, 2.45) is 23.3 Å². The van der Waals surface area contributed by atoms with Gasteiger partial charge in [0.05, 0.1) is 24.4 Å². The van der Waals surface area contributed by atoms with Gasteiger partial charge in [0.15, 0.2) is 11.9 Å². The summed E-state index contributed by atoms with van der Waals surface area (Å²) in [5, 5.41) is 24.0. The summed E-state index contributed by atoms with van der Waals surface area (Å²) in [6, 6.07) is 12.6. The van der Waals surface area contributed by atoms with E-state index < -0.39 is 66.5 Å². The number of ketones is 2. The van der Waals surface area contributed by atoms with Crippen LogP contribution in [0.25, 0.3) is 10.8 Å². The molecule has 1 aliphatic carbocycles. The normalized spacial score (nSPS) is 29.5. The number of fused-ring (bicyclic) bond motifs is 3. The van der Waals surface area contributed by atoms with E-state index in [2.05, 4.69) is 0 Å². The quantitative estimate of drug-likeness (QED) is 0.248. The molecule has 2 bridgehead atoms. The molecule has 2 amide bonds. The smallest absolute Gasteiger partial charge is 0.405 e. The molecule has 12 nitrogen and oxygen atoms in total. The van der Waals surface area contributed by atoms with Crippen molar-refractivity contribution in [2.45, 2.75) is 71.1 Å². The second-order valence-electron chi connectivity index (χ2n) is 13.5. The lowest BCUT2D eigenvalue weighted by molar-refractivity contribution is -0.127. The fourth-order valence-electron chi connectivity index (χ4n) is 6.76. The highest BCUT2D eigenvalue weighted by molar-refractivity contribution is 6.15. The van der Waals surface area contributed by atoms with Crippen molar-refractivity contribution in [3.63, 3.8) is 0 Å². The van der Waals surface area contributed by atoms with E-state index in [1.807, 2.05) is 37.3 Å². The zero-order valence-electron chi connectivity index (χ0n) is 30.4. The Hall–Kier alpha value is -4.88. The minimum Gasteiger partial charge on any atom is -0.439 e. The monoisotopic (exact) mass is 715 g/mol. The molecule has 0 spiro atoms. The number of amides is 2. The van der Waals surface area contributed by atoms with Gasteiger partial charge in [-0.15, -0.1) is 0 Å². The number of primary amides is 1. The van der Waals surface area contributed by atoms with Crippen molar-refractivity contribution < 1.29 is 43.6 Å². The zero-order chi connectivity index (χ0) is 38.3. The van der Waals surface area contributed by atoms with Crippen LogP contribution in [0.5, 0.6) is 0 Å². The Morgan fingerprint density at radius 2 is 1.67 bits per heavy atom. The molecule has 0 fully saturated rings. The van der Waals surface area contributed by atoms with Crippen LogP contribution in [-0.2, 0) is 23.8 Å². The van der Waals surface area contributed by atoms with Gasteiger partial charge >= 0.3 is 6.09 Å². The molecule has 0 aromatic heterocycles. The van der Waals surface area contributed by atoms with Gasteiger partial charge in [-0.3, -0.25) is 19.3 Å². The number of carbonyl (C=O) groups excluding carboxylic acids is 4. The number of aliphatic hydroxyl groups excluding tert-OH is 2. The minimum atomic E-state index is -1.40. The first kappa shape index (κ1) is 39.9. The molecule has 2 aromatic rings. The number of nitrogens with zero attached hydrogens (tertiary/aromatic N) is 1. The number of nitrogens with two attached hydrogens (primary N) is 2. The molecule has 0 radical (unpaired) electrons. The Kier molecular flexibility index (Phi) is 13.5. The van der Waals surface area contributed by atoms with Crippen LogP contribution >= 0.6 is 0 Å². The predicted molar refractivity (Wildman–Crippen MR) is 197 cm³/mol. The molecule has 52 heavy (non-hydrogen) atoms. The summed E-state index contributed by atoms with van der Waals surface area (Å²) in [6.45, 7) is 6.39. The van der Waals surface area contributed by atoms with Gasteiger partial charge in [-0.2, -0.15) is 0 Å². The van der Waals surface area contributed by atoms with Gasteiger partial charge in [0.2, 0.25) is 5.78 Å². The maximum absolute atomic E-state index is 14.3. The molecule has 2 aliphatic rings. The Morgan fingerprint density at radius 3 is 2.35 bits per heavy atom. The first-order chi connectivity index (χ1) is 24.7. The number of allylic oxidation sites excluding steroid dienone is 3. The van der Waals surface area contributed by atoms with E-state index in [1.54, 1.807) is 38.1 Å². The van der Waals surface area contributed by atoms with Crippen molar-refractivity contribution in [3.8, 4) is 0 Å². The summed E-state index contributed by atoms with van der Waals surface area (Å²) < 4.78 is 16.8. The fraction of sp³-hybridized carbons (Fsp3) is 0.400. The van der Waals surface area contributed by atoms with E-state index in [9.17, 15) is 29.4 Å². The number of methoxy groups -OCH3 is 2. The Morgan fingerprint density at radius 1 is 0.981 bits per heavy atom. The molecule has 1 heterocycles. The number of Topliss-reactive ketones (excluding diaryl/α,β-unsaturated/α-hetero) is 2. The van der Waals surface area contributed by atoms with Crippen LogP contribution in [-0.4, -0.2) is 90.0 Å². The number of benzene rings is 2. The van der Waals surface area contributed by atoms with Crippen molar-refractivity contribution in [2.75, 3.05) is 20.8 Å². The zero-order valence-corrected chi connectivity index (χ0v) is 30.4. The molecule has 1 unspecified atom stereocenters. The second kappa shape index (κ2) is 17.6. The van der Waals surface area contributed by atoms with Gasteiger partial charge in [0, 0.05) is 42.5 Å². The predicted octanol–water partition coefficient (Wildman–Crippen LogP) is 4.26. The maximum atomic E-state index is 14.3. The maximum Gasteiger partial charge on any atom is 0.405 e. The molecule has 2 aromatic carbocycles. The largest absolute Gasteiger partial charge is 0.439 e. The summed E-state index contributed by atoms with van der Waals surface area (Å²) in [5.74, 6) is -2.46. The minimum absolute atomic E-state index is 0.0537. The second-order valence-corrected chi connectivity index (χ2v) is 13.5. The molecule has 7 atom stereocenters. The van der Waals surface area contributed by atoms with Gasteiger partial charge in [-0.05, 0) is 55.0 Å². The number of hydrogen-bond acceptors (Lipinski definition) is 10. The van der Waals surface area contributed by atoms with E-state index in [1.165, 1.54) is 39.4 Å². The van der Waals surface area contributed by atoms with Crippen LogP contribution < -0.4 is 11.5 Å². The highest BCUT2D eigenvalue weighted by atomic mass is 16.6. The SMILES string of the molecule is CO[C@H]1/C=C\C=C(/C)C(=O)N(CC(=O)c2cccc3ccccc23)C2=CC(O)C(N)=C(C[C@@H](C)C[C@H](OC)[C@H](O)[C@@H](C)/C=C(\C)[C@@H]1OC(N)=O)C2=O. The standard InChI is InChI=1S/C40H49N3O9/c1-22-17-29-35(41)31(44)20-30(37(29)47)43(21-32(45)28-15-10-13-26-12-7-8-14-27(26)28)39(48)23(2)11-9-16-33(50-5)38(52-40(42)49)25(4)19-24(3)36(46)34(18-22)51-6/h7-16,19-20,22,24,31,33-34,36,38,44,46H,17-18,21,41H2,1-6H3,(H2,42,49)/b16-9-,23-11+,25-19+/t22-,24+,31?,33+,34+,36-,38+/m1/s1. The van der Waals surface area contributed by atoms with Crippen molar-refractivity contribution in [1.29, 1.82) is 0 Å². The number of aliphatic hydroxyl groups is 2. The summed E-state index contributed by atoms with van der Waals surface area (Å²) >= 11 is 0. The molecule has 4 rings (SSSR count). The Balaban J connectivity index is 1.85. The topological polar surface area (TPSA) is 192 Å². The molecular weight excluding hydrogens is 666 g/mol. The highest BCUT2D eigenvalue weighted by Gasteiger charge is 2.36. The van der Waals surface area contributed by atoms with Crippen molar-refractivity contribution in [3.05, 3.63) is 107 Å². The van der Waals surface area contributed by atoms with E-state index in [0.29, 0.717) is 22.9 Å². The summed E-state index contributed by atoms with van der Waals surface area (Å²) in [6.07, 6.45) is 1.93. The van der Waals surface area contributed by atoms with Crippen LogP contribution in [0.4, 0.5) is 4.79 Å². The summed E-state index contributed by atoms with van der Waals surface area (Å²) in [7, 11) is 2.89. The third-order valence-electron chi connectivity index (χ3n) is 9.60. The van der Waals surface area contributed by atoms with E-state index in [-0.39, 0.29) is 34.9 Å². The van der Waals surface area contributed by atoms with Gasteiger partial charge < -0.3 is 35.9 Å². The van der Waals surface area contributed by atoms with Gasteiger partial charge in [-0.1, -0.05) is 80.6 Å². The van der Waals surface area contributed by atoms with E-state index >= 15 is 0 Å². The lowest BCUT2D eigenvalue weighted by Crippen LogP contribution is -2.42. The van der Waals surface area contributed by atoms with Crippen LogP contribution in [0, 0.1) is 11.8 Å². The van der Waals surface area contributed by atoms with Crippen LogP contribution in [0.3, 0.4) is 0 Å². The Labute approximate surface area is 304 Å². The summed E-state index contributed by atoms with van der Waals surface area (Å²) in [4.78, 5) is 55.5. The van der Waals surface area contributed by atoms with Gasteiger partial charge in [0.1, 0.15) is 12.2 Å². The summed E-state index contributed by atoms with van der Waals surface area (Å²) in [5.41, 5.74) is 12.7. The number of ether oxygens (including phenoxy) is 3. The highest BCUT2D eigenvalue weighted by Crippen LogP contribution is 2.31. The third-order valence-corrected chi connectivity index (χ3v) is 9.60. The van der Waals surface area contributed by atoms with Crippen LogP contribution in [0.2, 0.25) is 0 Å². The Bertz CT molecular complexity index is 1840. The molecule has 1 aliphatic heterocycles. The number of rotatable bonds is 6. The molecule has 12 heteroatoms. The van der Waals surface area contributed by atoms with Gasteiger partial charge in [0.25, 0.3) is 5.91 Å². The van der Waals surface area contributed by atoms with Crippen LogP contribution in [0.15, 0.2) is 101 Å². The lowest BCUT2D eigenvalue weighted by atomic mass is 9.84. The van der Waals surface area contributed by atoms with E-state index in [0.717, 1.165) is 10.3 Å². The molecule has 0 saturated heterocycles. The van der Waals surface area contributed by atoms with Crippen molar-refractivity contribution >= 4 is 34.3 Å². The number of carbonyl (C=O) groups is 4. The average molecular weight is 716 g/mol. The fourth-order valence-corrected chi connectivity index (χ4v) is 6.76. The molecule has 6 N–H and O–H groups in total. The number of hydrogen-bond donors (Lipinski definition) is 4. The molecule has 278 valence electrons. The van der Waals surface area contributed by atoms with E-state index in [4.69, 9.17) is 25.7 Å². The lowest BCUT2D eigenvalue weighted by Gasteiger charge is -2.31. The molecular formula is C40H49N3O9. The first-order valence-electron chi connectivity index (χ1n) is 17.2. The van der Waals surface area contributed by atoms with Crippen molar-refractivity contribution in [1.82, 2.24) is 4.90 Å². The molecule has 0 saturated carbocycles. The third kappa shape index (κ3) is 9.12. The first-order valence-corrected chi connectivity index (χ1v) is 17.2. The van der Waals surface area contributed by atoms with Gasteiger partial charge in [-0.25, -0.2) is 4.79 Å².